The Morgan fingerprint density at radius 3 is 2.52 bits per heavy atom. The van der Waals surface area contributed by atoms with Crippen LogP contribution in [0.5, 0.6) is 0 Å². The molecule has 0 spiro atoms. The molecule has 0 N–H and O–H groups in total. The molecule has 138 valence electrons. The number of halogens is 1. The zero-order valence-corrected chi connectivity index (χ0v) is 16.1. The van der Waals surface area contributed by atoms with E-state index in [4.69, 9.17) is 16.3 Å². The van der Waals surface area contributed by atoms with Crippen molar-refractivity contribution in [3.8, 4) is 0 Å². The molecule has 0 saturated heterocycles. The molecule has 1 aromatic carbocycles. The molecule has 0 aliphatic carbocycles. The van der Waals surface area contributed by atoms with Gasteiger partial charge in [0.2, 0.25) is 0 Å². The quantitative estimate of drug-likeness (QED) is 0.383. The van der Waals surface area contributed by atoms with Gasteiger partial charge in [-0.15, -0.1) is 0 Å². The number of imidazole rings is 1. The van der Waals surface area contributed by atoms with Gasteiger partial charge in [-0.05, 0) is 37.0 Å². The predicted octanol–water partition coefficient (Wildman–Crippen LogP) is 6.44. The summed E-state index contributed by atoms with van der Waals surface area (Å²) in [6.45, 7) is 4.07. The first kappa shape index (κ1) is 20.0. The molecular weight excluding hydrogens is 332 g/mol. The van der Waals surface area contributed by atoms with Crippen LogP contribution in [-0.4, -0.2) is 16.2 Å². The smallest absolute Gasteiger partial charge is 0.0945 e. The van der Waals surface area contributed by atoms with E-state index < -0.39 is 0 Å². The Bertz CT molecular complexity index is 554. The van der Waals surface area contributed by atoms with Crippen LogP contribution < -0.4 is 0 Å². The molecule has 4 heteroatoms. The van der Waals surface area contributed by atoms with Crippen LogP contribution in [0.2, 0.25) is 5.02 Å². The van der Waals surface area contributed by atoms with Gasteiger partial charge < -0.3 is 9.30 Å². The summed E-state index contributed by atoms with van der Waals surface area (Å²) in [4.78, 5) is 4.10. The number of hydrogen-bond donors (Lipinski definition) is 0. The monoisotopic (exact) mass is 362 g/mol. The highest BCUT2D eigenvalue weighted by Crippen LogP contribution is 2.25. The van der Waals surface area contributed by atoms with Crippen molar-refractivity contribution in [3.63, 3.8) is 0 Å². The van der Waals surface area contributed by atoms with Crippen molar-refractivity contribution in [2.45, 2.75) is 70.9 Å². The number of aromatic nitrogens is 2. The number of benzene rings is 1. The summed E-state index contributed by atoms with van der Waals surface area (Å²) in [5, 5.41) is 0.775. The number of ether oxygens (including phenoxy) is 1. The zero-order valence-electron chi connectivity index (χ0n) is 15.4. The van der Waals surface area contributed by atoms with Crippen LogP contribution >= 0.6 is 11.6 Å². The van der Waals surface area contributed by atoms with Crippen LogP contribution in [0.25, 0.3) is 0 Å². The van der Waals surface area contributed by atoms with E-state index in [0.29, 0.717) is 0 Å². The maximum Gasteiger partial charge on any atom is 0.0945 e. The molecular formula is C21H31ClN2O. The van der Waals surface area contributed by atoms with Gasteiger partial charge in [0.05, 0.1) is 12.4 Å². The first-order valence-electron chi connectivity index (χ1n) is 9.62. The van der Waals surface area contributed by atoms with E-state index in [1.165, 1.54) is 37.7 Å². The van der Waals surface area contributed by atoms with Gasteiger partial charge in [-0.2, -0.15) is 0 Å². The van der Waals surface area contributed by atoms with Gasteiger partial charge >= 0.3 is 0 Å². The van der Waals surface area contributed by atoms with Gasteiger partial charge in [0.1, 0.15) is 0 Å². The summed E-state index contributed by atoms with van der Waals surface area (Å²) in [6, 6.07) is 8.08. The summed E-state index contributed by atoms with van der Waals surface area (Å²) in [5.41, 5.74) is 1.22. The van der Waals surface area contributed by atoms with Crippen molar-refractivity contribution >= 4 is 11.6 Å². The second kappa shape index (κ2) is 12.1. The number of rotatable bonds is 13. The van der Waals surface area contributed by atoms with Crippen LogP contribution in [0, 0.1) is 0 Å². The average Bonchev–Trinajstić information content (AvgIpc) is 3.14. The molecule has 0 saturated carbocycles. The third-order valence-electron chi connectivity index (χ3n) is 4.50. The molecule has 0 aliphatic heterocycles. The van der Waals surface area contributed by atoms with Crippen LogP contribution in [-0.2, 0) is 11.3 Å². The molecule has 1 atom stereocenters. The van der Waals surface area contributed by atoms with E-state index in [-0.39, 0.29) is 6.10 Å². The summed E-state index contributed by atoms with van der Waals surface area (Å²) in [6.07, 6.45) is 15.7. The highest BCUT2D eigenvalue weighted by atomic mass is 35.5. The molecule has 0 bridgehead atoms. The van der Waals surface area contributed by atoms with Gasteiger partial charge in [0.15, 0.2) is 0 Å². The maximum absolute atomic E-state index is 6.23. The lowest BCUT2D eigenvalue weighted by molar-refractivity contribution is 0.0418. The Morgan fingerprint density at radius 2 is 1.80 bits per heavy atom. The van der Waals surface area contributed by atoms with Gasteiger partial charge in [0.25, 0.3) is 0 Å². The molecule has 0 aliphatic rings. The van der Waals surface area contributed by atoms with Crippen LogP contribution in [0.15, 0.2) is 43.0 Å². The topological polar surface area (TPSA) is 27.1 Å². The van der Waals surface area contributed by atoms with Crippen molar-refractivity contribution in [2.24, 2.45) is 0 Å². The molecule has 1 unspecified atom stereocenters. The molecule has 0 radical (unpaired) electrons. The molecule has 25 heavy (non-hydrogen) atoms. The highest BCUT2D eigenvalue weighted by molar-refractivity contribution is 6.30. The maximum atomic E-state index is 6.23. The Labute approximate surface area is 157 Å². The van der Waals surface area contributed by atoms with Crippen LogP contribution in [0.4, 0.5) is 0 Å². The number of hydrogen-bond acceptors (Lipinski definition) is 2. The number of aryl methyl sites for hydroxylation is 1. The second-order valence-corrected chi connectivity index (χ2v) is 7.06. The van der Waals surface area contributed by atoms with Crippen molar-refractivity contribution in [2.75, 3.05) is 6.61 Å². The Hall–Kier alpha value is -1.32. The minimum atomic E-state index is 0.149. The molecule has 0 fully saturated rings. The highest BCUT2D eigenvalue weighted by Gasteiger charge is 2.12. The lowest BCUT2D eigenvalue weighted by atomic mass is 10.0. The first-order chi connectivity index (χ1) is 12.3. The minimum Gasteiger partial charge on any atom is -0.374 e. The fourth-order valence-corrected chi connectivity index (χ4v) is 3.14. The summed E-state index contributed by atoms with van der Waals surface area (Å²) >= 11 is 6.02. The molecule has 2 aromatic rings. The van der Waals surface area contributed by atoms with Crippen LogP contribution in [0.3, 0.4) is 0 Å². The molecule has 0 amide bonds. The number of unbranched alkanes of at least 4 members (excludes halogenated alkanes) is 5. The van der Waals surface area contributed by atoms with Gasteiger partial charge in [-0.1, -0.05) is 62.8 Å². The summed E-state index contributed by atoms with van der Waals surface area (Å²) in [5.74, 6) is 0. The molecule has 3 nitrogen and oxygen atoms in total. The Balaban J connectivity index is 1.76. The largest absolute Gasteiger partial charge is 0.374 e. The fraction of sp³-hybridized carbons (Fsp3) is 0.571. The van der Waals surface area contributed by atoms with Crippen molar-refractivity contribution in [1.82, 2.24) is 9.55 Å². The minimum absolute atomic E-state index is 0.149. The third kappa shape index (κ3) is 8.06. The SMILES string of the molecule is CCCCCCCCOC(CCCn1ccnc1)c1ccc(Cl)cc1. The lowest BCUT2D eigenvalue weighted by Crippen LogP contribution is -2.07. The lowest BCUT2D eigenvalue weighted by Gasteiger charge is -2.19. The van der Waals surface area contributed by atoms with E-state index in [1.807, 2.05) is 30.9 Å². The van der Waals surface area contributed by atoms with E-state index >= 15 is 0 Å². The summed E-state index contributed by atoms with van der Waals surface area (Å²) in [7, 11) is 0. The predicted molar refractivity (Wildman–Crippen MR) is 105 cm³/mol. The first-order valence-corrected chi connectivity index (χ1v) is 10.00. The molecule has 2 rings (SSSR count). The van der Waals surface area contributed by atoms with E-state index in [9.17, 15) is 0 Å². The van der Waals surface area contributed by atoms with Gasteiger partial charge in [-0.3, -0.25) is 0 Å². The molecule has 1 heterocycles. The Morgan fingerprint density at radius 1 is 1.04 bits per heavy atom. The van der Waals surface area contributed by atoms with E-state index in [0.717, 1.165) is 37.4 Å². The zero-order chi connectivity index (χ0) is 17.7. The van der Waals surface area contributed by atoms with Gasteiger partial charge in [-0.25, -0.2) is 4.98 Å². The standard InChI is InChI=1S/C21H31ClN2O/c1-2-3-4-5-6-7-17-25-21(19-10-12-20(22)13-11-19)9-8-15-24-16-14-23-18-24/h10-14,16,18,21H,2-9,15,17H2,1H3. The average molecular weight is 363 g/mol. The van der Waals surface area contributed by atoms with E-state index in [1.54, 1.807) is 0 Å². The van der Waals surface area contributed by atoms with Crippen molar-refractivity contribution in [1.29, 1.82) is 0 Å². The van der Waals surface area contributed by atoms with Crippen molar-refractivity contribution < 1.29 is 4.74 Å². The third-order valence-corrected chi connectivity index (χ3v) is 4.75. The van der Waals surface area contributed by atoms with Gasteiger partial charge in [0, 0.05) is 30.6 Å². The normalized spacial score (nSPS) is 12.4. The van der Waals surface area contributed by atoms with Crippen molar-refractivity contribution in [3.05, 3.63) is 53.6 Å². The Kier molecular flexibility index (Phi) is 9.68. The molecule has 1 aromatic heterocycles. The summed E-state index contributed by atoms with van der Waals surface area (Å²) < 4.78 is 8.34. The van der Waals surface area contributed by atoms with E-state index in [2.05, 4.69) is 28.6 Å². The second-order valence-electron chi connectivity index (χ2n) is 6.62. The fourth-order valence-electron chi connectivity index (χ4n) is 3.01. The number of nitrogens with zero attached hydrogens (tertiary/aromatic N) is 2. The van der Waals surface area contributed by atoms with Crippen LogP contribution in [0.1, 0.15) is 70.0 Å².